The molecule has 0 amide bonds. The van der Waals surface area contributed by atoms with E-state index in [1.165, 1.54) is 28.0 Å². The molecule has 5 rings (SSSR count). The Morgan fingerprint density at radius 2 is 1.91 bits per heavy atom. The fourth-order valence-corrected chi connectivity index (χ4v) is 5.02. The molecule has 164 valence electrons. The highest BCUT2D eigenvalue weighted by Gasteiger charge is 2.24. The Labute approximate surface area is 200 Å². The predicted octanol–water partition coefficient (Wildman–Crippen LogP) is 6.90. The summed E-state index contributed by atoms with van der Waals surface area (Å²) in [6.45, 7) is 2.18. The lowest BCUT2D eigenvalue weighted by Gasteiger charge is -2.20. The monoisotopic (exact) mass is 449 g/mol. The molecule has 4 heteroatoms. The van der Waals surface area contributed by atoms with E-state index in [2.05, 4.69) is 53.7 Å². The van der Waals surface area contributed by atoms with Gasteiger partial charge in [0.2, 0.25) is 0 Å². The molecular weight excluding hydrogens is 422 g/mol. The molecule has 0 bridgehead atoms. The average Bonchev–Trinajstić information content (AvgIpc) is 3.01. The summed E-state index contributed by atoms with van der Waals surface area (Å²) in [6.07, 6.45) is 13.8. The molecule has 1 aliphatic carbocycles. The van der Waals surface area contributed by atoms with Gasteiger partial charge in [-0.1, -0.05) is 72.4 Å². The molecule has 0 saturated heterocycles. The number of nitrogens with one attached hydrogen (secondary N) is 1. The SMILES string of the molecule is Cc1c(-c2ccccn2)ccc2c1NC(/C=C\C(=S)c1ccccc1N)CC1=C2C=CCC1. The van der Waals surface area contributed by atoms with Gasteiger partial charge in [-0.05, 0) is 61.6 Å². The van der Waals surface area contributed by atoms with Gasteiger partial charge in [0.25, 0.3) is 0 Å². The lowest BCUT2D eigenvalue weighted by atomic mass is 9.88. The zero-order valence-electron chi connectivity index (χ0n) is 18.7. The largest absolute Gasteiger partial charge is 0.398 e. The fourth-order valence-electron chi connectivity index (χ4n) is 4.76. The normalized spacial score (nSPS) is 17.3. The van der Waals surface area contributed by atoms with E-state index in [1.54, 1.807) is 0 Å². The van der Waals surface area contributed by atoms with Gasteiger partial charge in [0.05, 0.1) is 5.69 Å². The molecule has 1 unspecified atom stereocenters. The summed E-state index contributed by atoms with van der Waals surface area (Å²) in [6, 6.07) is 18.4. The van der Waals surface area contributed by atoms with Crippen molar-refractivity contribution in [2.75, 3.05) is 11.1 Å². The van der Waals surface area contributed by atoms with E-state index in [1.807, 2.05) is 48.7 Å². The third-order valence-electron chi connectivity index (χ3n) is 6.48. The second-order valence-corrected chi connectivity index (χ2v) is 9.04. The van der Waals surface area contributed by atoms with Crippen molar-refractivity contribution in [1.82, 2.24) is 4.98 Å². The molecule has 2 aliphatic rings. The van der Waals surface area contributed by atoms with Gasteiger partial charge < -0.3 is 11.1 Å². The summed E-state index contributed by atoms with van der Waals surface area (Å²) < 4.78 is 0. The number of nitrogens with zero attached hydrogens (tertiary/aromatic N) is 1. The quantitative estimate of drug-likeness (QED) is 0.197. The Morgan fingerprint density at radius 3 is 2.73 bits per heavy atom. The number of aromatic nitrogens is 1. The lowest BCUT2D eigenvalue weighted by molar-refractivity contribution is 0.802. The van der Waals surface area contributed by atoms with E-state index >= 15 is 0 Å². The van der Waals surface area contributed by atoms with Crippen LogP contribution in [-0.2, 0) is 0 Å². The number of hydrogen-bond acceptors (Lipinski definition) is 4. The summed E-state index contributed by atoms with van der Waals surface area (Å²) in [5.41, 5.74) is 16.4. The van der Waals surface area contributed by atoms with E-state index in [0.717, 1.165) is 40.9 Å². The molecule has 33 heavy (non-hydrogen) atoms. The van der Waals surface area contributed by atoms with Crippen molar-refractivity contribution in [2.45, 2.75) is 32.2 Å². The molecule has 1 aliphatic heterocycles. The number of fused-ring (bicyclic) bond motifs is 2. The van der Waals surface area contributed by atoms with Gasteiger partial charge in [-0.15, -0.1) is 0 Å². The molecule has 0 radical (unpaired) electrons. The minimum absolute atomic E-state index is 0.142. The number of rotatable bonds is 4. The number of nitrogens with two attached hydrogens (primary N) is 1. The number of allylic oxidation sites excluding steroid dienone is 4. The van der Waals surface area contributed by atoms with E-state index in [9.17, 15) is 0 Å². The average molecular weight is 450 g/mol. The Morgan fingerprint density at radius 1 is 1.09 bits per heavy atom. The van der Waals surface area contributed by atoms with Crippen LogP contribution in [0.5, 0.6) is 0 Å². The van der Waals surface area contributed by atoms with Crippen LogP contribution in [0, 0.1) is 6.92 Å². The van der Waals surface area contributed by atoms with Crippen LogP contribution in [-0.4, -0.2) is 15.9 Å². The Balaban J connectivity index is 1.54. The van der Waals surface area contributed by atoms with E-state index in [4.69, 9.17) is 18.0 Å². The number of thiocarbonyl (C=S) groups is 1. The molecule has 0 saturated carbocycles. The molecule has 3 N–H and O–H groups in total. The maximum absolute atomic E-state index is 6.14. The van der Waals surface area contributed by atoms with Crippen molar-refractivity contribution in [3.63, 3.8) is 0 Å². The molecule has 3 aromatic rings. The third-order valence-corrected chi connectivity index (χ3v) is 6.83. The zero-order chi connectivity index (χ0) is 22.8. The second kappa shape index (κ2) is 9.16. The van der Waals surface area contributed by atoms with Gasteiger partial charge in [0.15, 0.2) is 0 Å². The highest BCUT2D eigenvalue weighted by molar-refractivity contribution is 7.81. The first-order valence-corrected chi connectivity index (χ1v) is 11.8. The van der Waals surface area contributed by atoms with Crippen LogP contribution in [0.25, 0.3) is 16.8 Å². The first-order valence-electron chi connectivity index (χ1n) is 11.4. The van der Waals surface area contributed by atoms with Crippen LogP contribution in [0.2, 0.25) is 0 Å². The zero-order valence-corrected chi connectivity index (χ0v) is 19.5. The molecule has 2 aromatic carbocycles. The topological polar surface area (TPSA) is 50.9 Å². The number of hydrogen-bond donors (Lipinski definition) is 2. The maximum atomic E-state index is 6.14. The number of benzene rings is 2. The van der Waals surface area contributed by atoms with Crippen molar-refractivity contribution in [3.05, 3.63) is 107 Å². The van der Waals surface area contributed by atoms with Crippen molar-refractivity contribution >= 4 is 34.0 Å². The number of para-hydroxylation sites is 1. The molecular formula is C29H27N3S. The highest BCUT2D eigenvalue weighted by Crippen LogP contribution is 2.41. The van der Waals surface area contributed by atoms with Gasteiger partial charge in [0.1, 0.15) is 0 Å². The molecule has 1 atom stereocenters. The highest BCUT2D eigenvalue weighted by atomic mass is 32.1. The Bertz CT molecular complexity index is 1300. The fraction of sp³-hybridized carbons (Fsp3) is 0.172. The van der Waals surface area contributed by atoms with Crippen molar-refractivity contribution < 1.29 is 0 Å². The second-order valence-electron chi connectivity index (χ2n) is 8.60. The minimum Gasteiger partial charge on any atom is -0.398 e. The van der Waals surface area contributed by atoms with Crippen LogP contribution < -0.4 is 11.1 Å². The maximum Gasteiger partial charge on any atom is 0.0705 e. The van der Waals surface area contributed by atoms with Gasteiger partial charge >= 0.3 is 0 Å². The smallest absolute Gasteiger partial charge is 0.0705 e. The van der Waals surface area contributed by atoms with E-state index in [0.29, 0.717) is 5.69 Å². The summed E-state index contributed by atoms with van der Waals surface area (Å²) in [4.78, 5) is 5.35. The summed E-state index contributed by atoms with van der Waals surface area (Å²) in [5, 5.41) is 3.83. The van der Waals surface area contributed by atoms with Crippen LogP contribution in [0.4, 0.5) is 11.4 Å². The van der Waals surface area contributed by atoms with E-state index in [-0.39, 0.29) is 6.04 Å². The minimum atomic E-state index is 0.142. The van der Waals surface area contributed by atoms with E-state index < -0.39 is 0 Å². The van der Waals surface area contributed by atoms with Gasteiger partial charge in [-0.3, -0.25) is 4.98 Å². The van der Waals surface area contributed by atoms with Crippen LogP contribution >= 0.6 is 12.2 Å². The summed E-state index contributed by atoms with van der Waals surface area (Å²) >= 11 is 5.69. The molecule has 0 spiro atoms. The van der Waals surface area contributed by atoms with Crippen molar-refractivity contribution in [1.29, 1.82) is 0 Å². The van der Waals surface area contributed by atoms with Crippen LogP contribution in [0.3, 0.4) is 0 Å². The van der Waals surface area contributed by atoms with Crippen molar-refractivity contribution in [2.24, 2.45) is 0 Å². The first-order chi connectivity index (χ1) is 16.1. The lowest BCUT2D eigenvalue weighted by Crippen LogP contribution is -2.18. The predicted molar refractivity (Wildman–Crippen MR) is 143 cm³/mol. The number of pyridine rings is 1. The standard InChI is InChI=1S/C29H27N3S/c1-19-22(27-12-6-7-17-31-27)14-15-24-23-9-3-2-8-20(23)18-21(32-29(19)24)13-16-28(33)25-10-4-5-11-26(25)30/h3-7,9-17,21,32H,2,8,18,30H2,1H3/b16-13-. The molecule has 2 heterocycles. The van der Waals surface area contributed by atoms with Crippen LogP contribution in [0.1, 0.15) is 36.0 Å². The Hall–Kier alpha value is -3.50. The van der Waals surface area contributed by atoms with Crippen LogP contribution in [0.15, 0.2) is 90.7 Å². The van der Waals surface area contributed by atoms with Gasteiger partial charge in [-0.2, -0.15) is 0 Å². The molecule has 3 nitrogen and oxygen atoms in total. The first kappa shape index (κ1) is 21.4. The van der Waals surface area contributed by atoms with Gasteiger partial charge in [0, 0.05) is 45.2 Å². The summed E-state index contributed by atoms with van der Waals surface area (Å²) in [5.74, 6) is 0. The Kier molecular flexibility index (Phi) is 5.93. The number of anilines is 2. The molecule has 1 aromatic heterocycles. The molecule has 0 fully saturated rings. The van der Waals surface area contributed by atoms with Gasteiger partial charge in [-0.25, -0.2) is 0 Å². The number of nitrogen functional groups attached to an aromatic ring is 1. The third kappa shape index (κ3) is 4.27. The van der Waals surface area contributed by atoms with Crippen molar-refractivity contribution in [3.8, 4) is 11.3 Å². The summed E-state index contributed by atoms with van der Waals surface area (Å²) in [7, 11) is 0.